The minimum atomic E-state index is 0.869. The second kappa shape index (κ2) is 25.9. The normalized spacial score (nSPS) is 19.3. The van der Waals surface area contributed by atoms with Crippen LogP contribution in [0.3, 0.4) is 0 Å². The summed E-state index contributed by atoms with van der Waals surface area (Å²) in [5, 5.41) is 0. The van der Waals surface area contributed by atoms with Gasteiger partial charge in [-0.1, -0.05) is 60.8 Å². The van der Waals surface area contributed by atoms with E-state index in [0.29, 0.717) is 0 Å². The first-order chi connectivity index (χ1) is 13.9. The summed E-state index contributed by atoms with van der Waals surface area (Å²) in [6, 6.07) is 0. The first-order valence-corrected chi connectivity index (χ1v) is 12.4. The standard InChI is InChI=1S/5C5H8.CH6OSi/c5*1-2-4-5-3-1;1-2-3/h5*1-2H,3-5H2;1,3H3. The summed E-state index contributed by atoms with van der Waals surface area (Å²) in [4.78, 5) is 0. The molecule has 0 saturated heterocycles. The van der Waals surface area contributed by atoms with Crippen LogP contribution in [0, 0.1) is 0 Å². The van der Waals surface area contributed by atoms with E-state index in [2.05, 4.69) is 65.2 Å². The molecule has 0 aromatic rings. The minimum absolute atomic E-state index is 0.869. The van der Waals surface area contributed by atoms with Gasteiger partial charge in [-0.15, -0.1) is 0 Å². The zero-order valence-electron chi connectivity index (χ0n) is 18.8. The molecule has 0 N–H and O–H groups in total. The van der Waals surface area contributed by atoms with Crippen LogP contribution in [0.4, 0.5) is 0 Å². The Labute approximate surface area is 179 Å². The molecule has 0 spiro atoms. The third kappa shape index (κ3) is 24.9. The van der Waals surface area contributed by atoms with Crippen molar-refractivity contribution in [3.8, 4) is 0 Å². The Kier molecular flexibility index (Phi) is 24.8. The average Bonchev–Trinajstić information content (AvgIpc) is 3.63. The second-order valence-electron chi connectivity index (χ2n) is 7.42. The van der Waals surface area contributed by atoms with Crippen molar-refractivity contribution in [1.29, 1.82) is 0 Å². The van der Waals surface area contributed by atoms with Crippen LogP contribution in [0.2, 0.25) is 0 Å². The summed E-state index contributed by atoms with van der Waals surface area (Å²) in [6.07, 6.45) is 42.5. The maximum absolute atomic E-state index is 4.39. The molecule has 0 aromatic heterocycles. The summed E-state index contributed by atoms with van der Waals surface area (Å²) < 4.78 is 4.39. The molecule has 2 heteroatoms. The maximum Gasteiger partial charge on any atom is 0.145 e. The molecule has 0 aromatic carbocycles. The molecule has 5 rings (SSSR count). The Morgan fingerprint density at radius 3 is 0.536 bits per heavy atom. The lowest BCUT2D eigenvalue weighted by Gasteiger charge is -1.69. The molecular formula is C26H46OSi. The van der Waals surface area contributed by atoms with E-state index in [4.69, 9.17) is 0 Å². The van der Waals surface area contributed by atoms with Crippen molar-refractivity contribution in [2.24, 2.45) is 0 Å². The van der Waals surface area contributed by atoms with E-state index in [1.807, 2.05) is 0 Å². The van der Waals surface area contributed by atoms with E-state index in [-0.39, 0.29) is 0 Å². The van der Waals surface area contributed by atoms with Gasteiger partial charge in [-0.3, -0.25) is 0 Å². The summed E-state index contributed by atoms with van der Waals surface area (Å²) >= 11 is 0. The van der Waals surface area contributed by atoms with E-state index in [0.717, 1.165) is 10.5 Å². The molecule has 0 atom stereocenters. The predicted octanol–water partition coefficient (Wildman–Crippen LogP) is 7.55. The van der Waals surface area contributed by atoms with Gasteiger partial charge in [0.2, 0.25) is 0 Å². The lowest BCUT2D eigenvalue weighted by Crippen LogP contribution is -1.60. The molecule has 0 aliphatic heterocycles. The van der Waals surface area contributed by atoms with E-state index in [1.165, 1.54) is 96.3 Å². The van der Waals surface area contributed by atoms with Crippen LogP contribution in [0.5, 0.6) is 0 Å². The highest BCUT2D eigenvalue weighted by atomic mass is 28.2. The van der Waals surface area contributed by atoms with Gasteiger partial charge in [0.15, 0.2) is 0 Å². The van der Waals surface area contributed by atoms with Gasteiger partial charge in [-0.2, -0.15) is 0 Å². The van der Waals surface area contributed by atoms with Crippen LogP contribution in [0.1, 0.15) is 96.3 Å². The molecule has 0 bridgehead atoms. The van der Waals surface area contributed by atoms with Crippen molar-refractivity contribution < 1.29 is 4.43 Å². The number of hydrogen-bond donors (Lipinski definition) is 0. The van der Waals surface area contributed by atoms with Crippen LogP contribution in [-0.2, 0) is 4.43 Å². The molecule has 160 valence electrons. The van der Waals surface area contributed by atoms with Crippen molar-refractivity contribution in [3.63, 3.8) is 0 Å². The Morgan fingerprint density at radius 2 is 0.500 bits per heavy atom. The number of hydrogen-bond acceptors (Lipinski definition) is 1. The zero-order chi connectivity index (χ0) is 20.4. The fraction of sp³-hybridized carbons (Fsp3) is 0.615. The highest BCUT2D eigenvalue weighted by Gasteiger charge is 1.86. The van der Waals surface area contributed by atoms with Crippen LogP contribution < -0.4 is 0 Å². The molecular weight excluding hydrogens is 356 g/mol. The molecule has 0 saturated carbocycles. The average molecular weight is 403 g/mol. The topological polar surface area (TPSA) is 9.23 Å². The first-order valence-electron chi connectivity index (χ1n) is 11.6. The van der Waals surface area contributed by atoms with E-state index < -0.39 is 0 Å². The SMILES string of the molecule is C1=CCCC1.C1=CCCC1.C1=CCCC1.C1=CCCC1.C1=CCCC1.CO[SiH3]. The van der Waals surface area contributed by atoms with Crippen molar-refractivity contribution in [2.45, 2.75) is 96.3 Å². The Balaban J connectivity index is 0.000000315. The number of allylic oxidation sites excluding steroid dienone is 10. The lowest BCUT2D eigenvalue weighted by atomic mass is 10.4. The lowest BCUT2D eigenvalue weighted by molar-refractivity contribution is 0.460. The van der Waals surface area contributed by atoms with Gasteiger partial charge in [0, 0.05) is 7.11 Å². The van der Waals surface area contributed by atoms with Crippen molar-refractivity contribution >= 4 is 10.5 Å². The van der Waals surface area contributed by atoms with Crippen molar-refractivity contribution in [1.82, 2.24) is 0 Å². The van der Waals surface area contributed by atoms with Crippen molar-refractivity contribution in [3.05, 3.63) is 60.8 Å². The minimum Gasteiger partial charge on any atom is -0.431 e. The summed E-state index contributed by atoms with van der Waals surface area (Å²) in [7, 11) is 2.56. The van der Waals surface area contributed by atoms with Gasteiger partial charge in [-0.25, -0.2) is 0 Å². The third-order valence-corrected chi connectivity index (χ3v) is 4.54. The first kappa shape index (κ1) is 26.9. The molecule has 5 aliphatic carbocycles. The number of rotatable bonds is 0. The third-order valence-electron chi connectivity index (χ3n) is 4.54. The molecule has 0 heterocycles. The van der Waals surface area contributed by atoms with Gasteiger partial charge in [-0.05, 0) is 96.3 Å². The van der Waals surface area contributed by atoms with E-state index >= 15 is 0 Å². The molecule has 0 fully saturated rings. The Morgan fingerprint density at radius 1 is 0.393 bits per heavy atom. The summed E-state index contributed by atoms with van der Waals surface area (Å²) in [5.74, 6) is 0. The van der Waals surface area contributed by atoms with Crippen LogP contribution in [0.25, 0.3) is 0 Å². The largest absolute Gasteiger partial charge is 0.431 e. The molecule has 28 heavy (non-hydrogen) atoms. The second-order valence-corrected chi connectivity index (χ2v) is 8.24. The van der Waals surface area contributed by atoms with Gasteiger partial charge in [0.25, 0.3) is 0 Å². The highest BCUT2D eigenvalue weighted by Crippen LogP contribution is 2.07. The maximum atomic E-state index is 4.39. The fourth-order valence-corrected chi connectivity index (χ4v) is 2.95. The molecule has 0 radical (unpaired) electrons. The molecule has 0 amide bonds. The van der Waals surface area contributed by atoms with Gasteiger partial charge in [0.05, 0.1) is 0 Å². The fourth-order valence-electron chi connectivity index (χ4n) is 2.95. The van der Waals surface area contributed by atoms with E-state index in [9.17, 15) is 0 Å². The zero-order valence-corrected chi connectivity index (χ0v) is 20.8. The van der Waals surface area contributed by atoms with E-state index in [1.54, 1.807) is 7.11 Å². The molecule has 1 nitrogen and oxygen atoms in total. The Hall–Kier alpha value is -1.12. The highest BCUT2D eigenvalue weighted by molar-refractivity contribution is 5.97. The molecule has 0 unspecified atom stereocenters. The summed E-state index contributed by atoms with van der Waals surface area (Å²) in [6.45, 7) is 0. The van der Waals surface area contributed by atoms with Crippen molar-refractivity contribution in [2.75, 3.05) is 7.11 Å². The van der Waals surface area contributed by atoms with Gasteiger partial charge < -0.3 is 4.43 Å². The van der Waals surface area contributed by atoms with Crippen LogP contribution in [-0.4, -0.2) is 17.6 Å². The summed E-state index contributed by atoms with van der Waals surface area (Å²) in [5.41, 5.74) is 0. The smallest absolute Gasteiger partial charge is 0.145 e. The predicted molar refractivity (Wildman–Crippen MR) is 132 cm³/mol. The quantitative estimate of drug-likeness (QED) is 0.300. The van der Waals surface area contributed by atoms with Gasteiger partial charge in [0.1, 0.15) is 10.5 Å². The van der Waals surface area contributed by atoms with Gasteiger partial charge >= 0.3 is 0 Å². The van der Waals surface area contributed by atoms with Crippen LogP contribution in [0.15, 0.2) is 60.8 Å². The monoisotopic (exact) mass is 402 g/mol. The Bertz CT molecular complexity index is 309. The van der Waals surface area contributed by atoms with Crippen LogP contribution >= 0.6 is 0 Å². The molecule has 5 aliphatic rings.